The molecule has 3 atom stereocenters. The molecule has 2 aromatic heterocycles. The molecular formula is C19H21N3. The maximum atomic E-state index is 4.68. The molecule has 1 aliphatic carbocycles. The van der Waals surface area contributed by atoms with Gasteiger partial charge in [-0.2, -0.15) is 0 Å². The number of hydrogen-bond donors (Lipinski definition) is 0. The molecule has 112 valence electrons. The van der Waals surface area contributed by atoms with Gasteiger partial charge in [-0.3, -0.25) is 9.97 Å². The highest BCUT2D eigenvalue weighted by Gasteiger charge is 2.39. The van der Waals surface area contributed by atoms with Gasteiger partial charge in [-0.1, -0.05) is 26.8 Å². The van der Waals surface area contributed by atoms with Crippen LogP contribution in [0.2, 0.25) is 0 Å². The monoisotopic (exact) mass is 291 g/mol. The van der Waals surface area contributed by atoms with Gasteiger partial charge in [0.05, 0.1) is 17.1 Å². The maximum absolute atomic E-state index is 4.68. The Balaban J connectivity index is 1.96. The second-order valence-electron chi connectivity index (χ2n) is 6.45. The van der Waals surface area contributed by atoms with Crippen LogP contribution in [0.5, 0.6) is 0 Å². The Labute approximate surface area is 131 Å². The number of anilines is 1. The van der Waals surface area contributed by atoms with Crippen molar-refractivity contribution in [3.05, 3.63) is 64.9 Å². The van der Waals surface area contributed by atoms with Gasteiger partial charge < -0.3 is 4.90 Å². The van der Waals surface area contributed by atoms with E-state index in [-0.39, 0.29) is 0 Å². The second-order valence-corrected chi connectivity index (χ2v) is 6.45. The number of likely N-dealkylation sites (N-methyl/N-ethyl adjacent to an activating group) is 1. The van der Waals surface area contributed by atoms with Crippen molar-refractivity contribution in [3.8, 4) is 0 Å². The Kier molecular flexibility index (Phi) is 2.86. The van der Waals surface area contributed by atoms with Crippen LogP contribution in [0.4, 0.5) is 5.69 Å². The minimum Gasteiger partial charge on any atom is -0.346 e. The standard InChI is InChI=1S/C19H21N3/c1-11-14-7-5-9-20-17(14)13(3)19-16(11)12(2)18-15(22(19)4)8-6-10-21-18/h5-13H,1-4H3. The van der Waals surface area contributed by atoms with Gasteiger partial charge in [0, 0.05) is 42.9 Å². The van der Waals surface area contributed by atoms with Crippen molar-refractivity contribution in [2.45, 2.75) is 38.5 Å². The SMILES string of the molecule is CC1C2=C(C(C)c3ncccc31)N(C)c1cccnc1C2C. The van der Waals surface area contributed by atoms with E-state index in [4.69, 9.17) is 0 Å². The Hall–Kier alpha value is -2.16. The summed E-state index contributed by atoms with van der Waals surface area (Å²) in [6.07, 6.45) is 3.82. The molecule has 0 N–H and O–H groups in total. The molecule has 0 saturated heterocycles. The van der Waals surface area contributed by atoms with Gasteiger partial charge in [0.15, 0.2) is 0 Å². The molecule has 3 unspecified atom stereocenters. The largest absolute Gasteiger partial charge is 0.346 e. The topological polar surface area (TPSA) is 29.0 Å². The molecule has 4 rings (SSSR count). The van der Waals surface area contributed by atoms with Gasteiger partial charge in [0.1, 0.15) is 0 Å². The van der Waals surface area contributed by atoms with E-state index in [2.05, 4.69) is 60.9 Å². The summed E-state index contributed by atoms with van der Waals surface area (Å²) >= 11 is 0. The molecule has 2 aliphatic rings. The molecule has 3 nitrogen and oxygen atoms in total. The first-order valence-corrected chi connectivity index (χ1v) is 7.98. The lowest BCUT2D eigenvalue weighted by atomic mass is 9.71. The van der Waals surface area contributed by atoms with Gasteiger partial charge in [0.2, 0.25) is 0 Å². The van der Waals surface area contributed by atoms with Gasteiger partial charge >= 0.3 is 0 Å². The first-order valence-electron chi connectivity index (χ1n) is 7.98. The highest BCUT2D eigenvalue weighted by atomic mass is 15.1. The first kappa shape index (κ1) is 13.5. The van der Waals surface area contributed by atoms with Crippen LogP contribution in [0.15, 0.2) is 47.9 Å². The third-order valence-corrected chi connectivity index (χ3v) is 5.34. The molecule has 0 radical (unpaired) electrons. The van der Waals surface area contributed by atoms with Crippen molar-refractivity contribution in [2.24, 2.45) is 0 Å². The van der Waals surface area contributed by atoms with E-state index < -0.39 is 0 Å². The number of pyridine rings is 2. The fraction of sp³-hybridized carbons (Fsp3) is 0.368. The van der Waals surface area contributed by atoms with Crippen molar-refractivity contribution < 1.29 is 0 Å². The predicted molar refractivity (Wildman–Crippen MR) is 89.1 cm³/mol. The zero-order valence-corrected chi connectivity index (χ0v) is 13.5. The Morgan fingerprint density at radius 2 is 1.55 bits per heavy atom. The minimum atomic E-state index is 0.322. The summed E-state index contributed by atoms with van der Waals surface area (Å²) < 4.78 is 0. The molecule has 0 saturated carbocycles. The highest BCUT2D eigenvalue weighted by molar-refractivity contribution is 5.66. The number of allylic oxidation sites excluding steroid dienone is 2. The number of rotatable bonds is 0. The fourth-order valence-corrected chi connectivity index (χ4v) is 4.31. The van der Waals surface area contributed by atoms with Gasteiger partial charge in [0.25, 0.3) is 0 Å². The molecule has 0 spiro atoms. The summed E-state index contributed by atoms with van der Waals surface area (Å²) in [5.74, 6) is 1.07. The van der Waals surface area contributed by atoms with Crippen LogP contribution >= 0.6 is 0 Å². The van der Waals surface area contributed by atoms with Gasteiger partial charge in [-0.15, -0.1) is 0 Å². The summed E-state index contributed by atoms with van der Waals surface area (Å²) in [6, 6.07) is 8.48. The molecule has 0 aromatic carbocycles. The summed E-state index contributed by atoms with van der Waals surface area (Å²) in [6.45, 7) is 6.87. The lowest BCUT2D eigenvalue weighted by molar-refractivity contribution is 0.620. The van der Waals surface area contributed by atoms with Gasteiger partial charge in [-0.25, -0.2) is 0 Å². The normalized spacial score (nSPS) is 26.4. The van der Waals surface area contributed by atoms with E-state index >= 15 is 0 Å². The predicted octanol–water partition coefficient (Wildman–Crippen LogP) is 4.20. The van der Waals surface area contributed by atoms with E-state index in [1.807, 2.05) is 18.5 Å². The molecule has 1 aliphatic heterocycles. The van der Waals surface area contributed by atoms with E-state index in [1.165, 1.54) is 33.9 Å². The summed E-state index contributed by atoms with van der Waals surface area (Å²) in [5, 5.41) is 0. The van der Waals surface area contributed by atoms with E-state index in [0.29, 0.717) is 17.8 Å². The molecule has 22 heavy (non-hydrogen) atoms. The third-order valence-electron chi connectivity index (χ3n) is 5.34. The van der Waals surface area contributed by atoms with Crippen LogP contribution in [0.25, 0.3) is 0 Å². The van der Waals surface area contributed by atoms with E-state index in [0.717, 1.165) is 0 Å². The van der Waals surface area contributed by atoms with E-state index in [9.17, 15) is 0 Å². The Morgan fingerprint density at radius 3 is 2.32 bits per heavy atom. The van der Waals surface area contributed by atoms with Crippen molar-refractivity contribution in [3.63, 3.8) is 0 Å². The first-order chi connectivity index (χ1) is 10.6. The van der Waals surface area contributed by atoms with Crippen LogP contribution in [0.3, 0.4) is 0 Å². The fourth-order valence-electron chi connectivity index (χ4n) is 4.31. The minimum absolute atomic E-state index is 0.322. The number of aromatic nitrogens is 2. The van der Waals surface area contributed by atoms with Crippen LogP contribution in [-0.4, -0.2) is 17.0 Å². The average molecular weight is 291 g/mol. The van der Waals surface area contributed by atoms with Crippen molar-refractivity contribution >= 4 is 5.69 Å². The van der Waals surface area contributed by atoms with Crippen molar-refractivity contribution in [1.29, 1.82) is 0 Å². The van der Waals surface area contributed by atoms with Crippen LogP contribution < -0.4 is 4.90 Å². The van der Waals surface area contributed by atoms with Crippen molar-refractivity contribution in [2.75, 3.05) is 11.9 Å². The second kappa shape index (κ2) is 4.67. The molecule has 3 heteroatoms. The quantitative estimate of drug-likeness (QED) is 0.728. The average Bonchev–Trinajstić information content (AvgIpc) is 2.56. The zero-order chi connectivity index (χ0) is 15.4. The highest BCUT2D eigenvalue weighted by Crippen LogP contribution is 2.52. The lowest BCUT2D eigenvalue weighted by Crippen LogP contribution is -2.34. The van der Waals surface area contributed by atoms with Gasteiger partial charge in [-0.05, 0) is 29.3 Å². The molecule has 0 amide bonds. The maximum Gasteiger partial charge on any atom is 0.0709 e. The molecule has 2 aromatic rings. The molecule has 0 fully saturated rings. The molecular weight excluding hydrogens is 270 g/mol. The van der Waals surface area contributed by atoms with Crippen molar-refractivity contribution in [1.82, 2.24) is 9.97 Å². The molecule has 3 heterocycles. The van der Waals surface area contributed by atoms with Crippen LogP contribution in [0.1, 0.15) is 55.5 Å². The number of nitrogens with zero attached hydrogens (tertiary/aromatic N) is 3. The third kappa shape index (κ3) is 1.62. The summed E-state index contributed by atoms with van der Waals surface area (Å²) in [4.78, 5) is 11.7. The number of fused-ring (bicyclic) bond motifs is 2. The smallest absolute Gasteiger partial charge is 0.0709 e. The zero-order valence-electron chi connectivity index (χ0n) is 13.5. The lowest BCUT2D eigenvalue weighted by Gasteiger charge is -2.43. The molecule has 0 bridgehead atoms. The Morgan fingerprint density at radius 1 is 0.864 bits per heavy atom. The van der Waals surface area contributed by atoms with Crippen LogP contribution in [0, 0.1) is 0 Å². The Bertz CT molecular complexity index is 650. The van der Waals surface area contributed by atoms with E-state index in [1.54, 1.807) is 0 Å². The summed E-state index contributed by atoms with van der Waals surface area (Å²) in [5.41, 5.74) is 7.92. The number of hydrogen-bond acceptors (Lipinski definition) is 3. The van der Waals surface area contributed by atoms with Crippen LogP contribution in [-0.2, 0) is 0 Å². The summed E-state index contributed by atoms with van der Waals surface area (Å²) in [7, 11) is 2.17.